The van der Waals surface area contributed by atoms with Gasteiger partial charge in [0.05, 0.1) is 37.4 Å². The maximum Gasteiger partial charge on any atom is 0.321 e. The average Bonchev–Trinajstić information content (AvgIpc) is 3.28. The summed E-state index contributed by atoms with van der Waals surface area (Å²) in [5, 5.41) is 0. The van der Waals surface area contributed by atoms with E-state index in [0.717, 1.165) is 42.3 Å². The quantitative estimate of drug-likeness (QED) is 0.171. The number of carbonyl (C=O) groups excluding carboxylic acids is 2. The van der Waals surface area contributed by atoms with Crippen molar-refractivity contribution < 1.29 is 23.8 Å². The molecule has 2 atom stereocenters. The zero-order chi connectivity index (χ0) is 27.2. The second kappa shape index (κ2) is 12.3. The topological polar surface area (TPSA) is 82.9 Å². The summed E-state index contributed by atoms with van der Waals surface area (Å²) < 4.78 is 19.2. The first-order chi connectivity index (χ1) is 18.4. The Bertz CT molecular complexity index is 1270. The van der Waals surface area contributed by atoms with Crippen LogP contribution < -0.4 is 14.4 Å². The number of aromatic nitrogens is 2. The minimum Gasteiger partial charge on any atom is -0.493 e. The minimum absolute atomic E-state index is 0.189. The number of anilines is 1. The highest BCUT2D eigenvalue weighted by atomic mass is 16.5. The summed E-state index contributed by atoms with van der Waals surface area (Å²) in [7, 11) is 1.59. The van der Waals surface area contributed by atoms with Crippen LogP contribution in [0.25, 0.3) is 11.0 Å². The first-order valence-corrected chi connectivity index (χ1v) is 13.7. The van der Waals surface area contributed by atoms with E-state index in [1.165, 1.54) is 0 Å². The Kier molecular flexibility index (Phi) is 8.92. The van der Waals surface area contributed by atoms with Crippen LogP contribution in [0.4, 0.5) is 5.95 Å². The van der Waals surface area contributed by atoms with Crippen molar-refractivity contribution in [2.24, 2.45) is 11.8 Å². The monoisotopic (exact) mass is 521 g/mol. The molecule has 0 spiro atoms. The highest BCUT2D eigenvalue weighted by Gasteiger charge is 2.47. The molecule has 1 aliphatic heterocycles. The summed E-state index contributed by atoms with van der Waals surface area (Å²) in [6.07, 6.45) is 3.74. The number of hydrogen-bond acceptors (Lipinski definition) is 6. The SMILES string of the molecule is CCCCCN1C(=O)[C@@H](C(=O)OCC)[C@@H](c2ccc(OCCC(C)C)c(OC)c2)n2c1nc1ccccc12. The molecule has 0 fully saturated rings. The van der Waals surface area contributed by atoms with E-state index in [9.17, 15) is 9.59 Å². The highest BCUT2D eigenvalue weighted by Crippen LogP contribution is 2.43. The van der Waals surface area contributed by atoms with Crippen LogP contribution in [0.5, 0.6) is 11.5 Å². The molecule has 0 saturated heterocycles. The van der Waals surface area contributed by atoms with Gasteiger partial charge in [0.1, 0.15) is 0 Å². The zero-order valence-corrected chi connectivity index (χ0v) is 23.1. The number of esters is 1. The molecule has 0 bridgehead atoms. The first kappa shape index (κ1) is 27.5. The van der Waals surface area contributed by atoms with Crippen LogP contribution in [0.15, 0.2) is 42.5 Å². The van der Waals surface area contributed by atoms with Crippen LogP contribution in [-0.4, -0.2) is 48.3 Å². The summed E-state index contributed by atoms with van der Waals surface area (Å²) in [6, 6.07) is 12.7. The number of unbranched alkanes of at least 4 members (excludes halogenated alkanes) is 2. The van der Waals surface area contributed by atoms with E-state index in [0.29, 0.717) is 36.5 Å². The lowest BCUT2D eigenvalue weighted by molar-refractivity contribution is -0.153. The molecule has 8 heteroatoms. The molecule has 38 heavy (non-hydrogen) atoms. The summed E-state index contributed by atoms with van der Waals surface area (Å²) in [6.45, 7) is 9.43. The van der Waals surface area contributed by atoms with Crippen LogP contribution in [0.2, 0.25) is 0 Å². The summed E-state index contributed by atoms with van der Waals surface area (Å²) >= 11 is 0. The maximum atomic E-state index is 14.0. The number of nitrogens with zero attached hydrogens (tertiary/aromatic N) is 3. The lowest BCUT2D eigenvalue weighted by Crippen LogP contribution is -2.50. The molecule has 1 amide bonds. The van der Waals surface area contributed by atoms with Gasteiger partial charge >= 0.3 is 5.97 Å². The minimum atomic E-state index is -1.06. The van der Waals surface area contributed by atoms with E-state index in [1.807, 2.05) is 47.0 Å². The van der Waals surface area contributed by atoms with Gasteiger partial charge in [-0.15, -0.1) is 0 Å². The van der Waals surface area contributed by atoms with Crippen molar-refractivity contribution in [3.63, 3.8) is 0 Å². The fourth-order valence-corrected chi connectivity index (χ4v) is 4.97. The normalized spacial score (nSPS) is 17.1. The van der Waals surface area contributed by atoms with Crippen molar-refractivity contribution >= 4 is 28.9 Å². The molecule has 1 aromatic heterocycles. The second-order valence-electron chi connectivity index (χ2n) is 10.1. The van der Waals surface area contributed by atoms with Crippen molar-refractivity contribution in [2.45, 2.75) is 59.4 Å². The molecule has 0 aliphatic carbocycles. The Balaban J connectivity index is 1.85. The number of methoxy groups -OCH3 is 1. The van der Waals surface area contributed by atoms with E-state index < -0.39 is 17.9 Å². The van der Waals surface area contributed by atoms with Gasteiger partial charge in [-0.25, -0.2) is 4.98 Å². The summed E-state index contributed by atoms with van der Waals surface area (Å²) in [5.74, 6) is 0.368. The van der Waals surface area contributed by atoms with Gasteiger partial charge in [-0.3, -0.25) is 14.5 Å². The molecule has 2 heterocycles. The maximum absolute atomic E-state index is 14.0. The van der Waals surface area contributed by atoms with Gasteiger partial charge < -0.3 is 18.8 Å². The first-order valence-electron chi connectivity index (χ1n) is 13.7. The van der Waals surface area contributed by atoms with Gasteiger partial charge in [0.15, 0.2) is 17.4 Å². The Morgan fingerprint density at radius 3 is 2.58 bits per heavy atom. The van der Waals surface area contributed by atoms with Gasteiger partial charge in [0, 0.05) is 6.54 Å². The third-order valence-electron chi connectivity index (χ3n) is 6.95. The van der Waals surface area contributed by atoms with Gasteiger partial charge in [-0.1, -0.05) is 51.8 Å². The van der Waals surface area contributed by atoms with E-state index >= 15 is 0 Å². The van der Waals surface area contributed by atoms with Crippen molar-refractivity contribution in [3.05, 3.63) is 48.0 Å². The van der Waals surface area contributed by atoms with Crippen LogP contribution in [0.3, 0.4) is 0 Å². The molecule has 0 saturated carbocycles. The van der Waals surface area contributed by atoms with Crippen LogP contribution in [-0.2, 0) is 14.3 Å². The van der Waals surface area contributed by atoms with Gasteiger partial charge in [0.2, 0.25) is 11.9 Å². The van der Waals surface area contributed by atoms with Crippen molar-refractivity contribution in [1.29, 1.82) is 0 Å². The molecule has 2 aromatic carbocycles. The van der Waals surface area contributed by atoms with Gasteiger partial charge in [-0.05, 0) is 55.5 Å². The number of para-hydroxylation sites is 2. The predicted molar refractivity (Wildman–Crippen MR) is 148 cm³/mol. The standard InChI is InChI=1S/C30H39N3O5/c1-6-8-11-17-32-28(34)26(29(35)37-7-2)27(33-23-13-10-9-12-22(23)31-30(32)33)21-14-15-24(25(19-21)36-5)38-18-16-20(3)4/h9-10,12-15,19-20,26-27H,6-8,11,16-18H2,1-5H3/t26-,27+/m0/s1. The molecular weight excluding hydrogens is 482 g/mol. The highest BCUT2D eigenvalue weighted by molar-refractivity contribution is 6.08. The Morgan fingerprint density at radius 2 is 1.87 bits per heavy atom. The van der Waals surface area contributed by atoms with E-state index in [2.05, 4.69) is 20.8 Å². The van der Waals surface area contributed by atoms with E-state index in [4.69, 9.17) is 19.2 Å². The Labute approximate surface area is 224 Å². The Morgan fingerprint density at radius 1 is 1.08 bits per heavy atom. The molecule has 0 radical (unpaired) electrons. The number of amides is 1. The fourth-order valence-electron chi connectivity index (χ4n) is 4.97. The smallest absolute Gasteiger partial charge is 0.321 e. The third kappa shape index (κ3) is 5.49. The van der Waals surface area contributed by atoms with Crippen LogP contribution >= 0.6 is 0 Å². The summed E-state index contributed by atoms with van der Waals surface area (Å²) in [4.78, 5) is 33.9. The van der Waals surface area contributed by atoms with Crippen LogP contribution in [0, 0.1) is 11.8 Å². The predicted octanol–water partition coefficient (Wildman–Crippen LogP) is 5.78. The van der Waals surface area contributed by atoms with Crippen molar-refractivity contribution in [3.8, 4) is 11.5 Å². The number of carbonyl (C=O) groups is 2. The number of imidazole rings is 1. The molecule has 204 valence electrons. The zero-order valence-electron chi connectivity index (χ0n) is 23.1. The molecule has 3 aromatic rings. The molecule has 0 N–H and O–H groups in total. The molecule has 8 nitrogen and oxygen atoms in total. The molecule has 0 unspecified atom stereocenters. The lowest BCUT2D eigenvalue weighted by atomic mass is 9.89. The Hall–Kier alpha value is -3.55. The van der Waals surface area contributed by atoms with Gasteiger partial charge in [-0.2, -0.15) is 0 Å². The fraction of sp³-hybridized carbons (Fsp3) is 0.500. The van der Waals surface area contributed by atoms with Crippen LogP contribution in [0.1, 0.15) is 65.0 Å². The van der Waals surface area contributed by atoms with E-state index in [1.54, 1.807) is 18.9 Å². The van der Waals surface area contributed by atoms with Crippen molar-refractivity contribution in [2.75, 3.05) is 31.8 Å². The third-order valence-corrected chi connectivity index (χ3v) is 6.95. The number of fused-ring (bicyclic) bond motifs is 3. The number of benzene rings is 2. The largest absolute Gasteiger partial charge is 0.493 e. The second-order valence-corrected chi connectivity index (χ2v) is 10.1. The van der Waals surface area contributed by atoms with Gasteiger partial charge in [0.25, 0.3) is 0 Å². The van der Waals surface area contributed by atoms with Crippen molar-refractivity contribution in [1.82, 2.24) is 9.55 Å². The molecule has 1 aliphatic rings. The molecular formula is C30H39N3O5. The number of hydrogen-bond donors (Lipinski definition) is 0. The number of rotatable bonds is 12. The lowest BCUT2D eigenvalue weighted by Gasteiger charge is -2.38. The van der Waals surface area contributed by atoms with E-state index in [-0.39, 0.29) is 12.5 Å². The summed E-state index contributed by atoms with van der Waals surface area (Å²) in [5.41, 5.74) is 2.37. The molecule has 4 rings (SSSR count). The number of ether oxygens (including phenoxy) is 3. The average molecular weight is 522 g/mol.